The molecule has 0 bridgehead atoms. The summed E-state index contributed by atoms with van der Waals surface area (Å²) in [5.41, 5.74) is 2.32. The number of benzene rings is 1. The molecule has 2 atom stereocenters. The summed E-state index contributed by atoms with van der Waals surface area (Å²) in [6, 6.07) is 12.0. The van der Waals surface area contributed by atoms with Crippen molar-refractivity contribution in [2.24, 2.45) is 5.92 Å². The summed E-state index contributed by atoms with van der Waals surface area (Å²) >= 11 is 1.71. The van der Waals surface area contributed by atoms with Gasteiger partial charge in [-0.15, -0.1) is 0 Å². The lowest BCUT2D eigenvalue weighted by molar-refractivity contribution is 0.117. The Kier molecular flexibility index (Phi) is 3.75. The Bertz CT molecular complexity index is 408. The zero-order valence-electron chi connectivity index (χ0n) is 9.34. The summed E-state index contributed by atoms with van der Waals surface area (Å²) in [5, 5.41) is 14.4. The Morgan fingerprint density at radius 1 is 1.19 bits per heavy atom. The molecular formula is C14H16OS. The number of hydrogen-bond acceptors (Lipinski definition) is 2. The van der Waals surface area contributed by atoms with E-state index in [1.807, 2.05) is 30.3 Å². The van der Waals surface area contributed by atoms with Gasteiger partial charge in [0.15, 0.2) is 0 Å². The third-order valence-electron chi connectivity index (χ3n) is 2.82. The summed E-state index contributed by atoms with van der Waals surface area (Å²) in [5.74, 6) is 0.247. The molecule has 0 spiro atoms. The molecule has 0 saturated carbocycles. The lowest BCUT2D eigenvalue weighted by Gasteiger charge is -2.18. The minimum atomic E-state index is -0.374. The van der Waals surface area contributed by atoms with Crippen LogP contribution in [0, 0.1) is 5.92 Å². The van der Waals surface area contributed by atoms with Crippen LogP contribution in [0.5, 0.6) is 0 Å². The van der Waals surface area contributed by atoms with E-state index in [1.165, 1.54) is 5.56 Å². The van der Waals surface area contributed by atoms with Crippen molar-refractivity contribution in [3.05, 3.63) is 58.3 Å². The number of rotatable bonds is 4. The highest BCUT2D eigenvalue weighted by Gasteiger charge is 2.16. The first-order valence-corrected chi connectivity index (χ1v) is 6.45. The molecule has 2 rings (SSSR count). The number of aliphatic hydroxyl groups is 1. The zero-order chi connectivity index (χ0) is 11.4. The Hall–Kier alpha value is -1.12. The van der Waals surface area contributed by atoms with Crippen LogP contribution in [0.25, 0.3) is 0 Å². The van der Waals surface area contributed by atoms with E-state index in [1.54, 1.807) is 11.3 Å². The summed E-state index contributed by atoms with van der Waals surface area (Å²) in [4.78, 5) is 0. The van der Waals surface area contributed by atoms with E-state index in [-0.39, 0.29) is 12.0 Å². The topological polar surface area (TPSA) is 20.2 Å². The van der Waals surface area contributed by atoms with Crippen LogP contribution in [0.4, 0.5) is 0 Å². The highest BCUT2D eigenvalue weighted by molar-refractivity contribution is 7.07. The highest BCUT2D eigenvalue weighted by atomic mass is 32.1. The fraction of sp³-hybridized carbons (Fsp3) is 0.286. The molecule has 0 saturated heterocycles. The molecule has 2 aromatic rings. The molecule has 0 radical (unpaired) electrons. The van der Waals surface area contributed by atoms with Crippen LogP contribution in [0.3, 0.4) is 0 Å². The van der Waals surface area contributed by atoms with E-state index < -0.39 is 0 Å². The SMILES string of the molecule is CC(Cc1ccsc1)C(O)c1ccccc1. The predicted molar refractivity (Wildman–Crippen MR) is 68.6 cm³/mol. The van der Waals surface area contributed by atoms with Crippen molar-refractivity contribution in [1.29, 1.82) is 0 Å². The molecule has 1 aromatic heterocycles. The van der Waals surface area contributed by atoms with Crippen LogP contribution in [-0.2, 0) is 6.42 Å². The van der Waals surface area contributed by atoms with Crippen molar-refractivity contribution in [2.45, 2.75) is 19.4 Å². The van der Waals surface area contributed by atoms with Gasteiger partial charge in [-0.3, -0.25) is 0 Å². The van der Waals surface area contributed by atoms with E-state index in [0.29, 0.717) is 0 Å². The van der Waals surface area contributed by atoms with Crippen molar-refractivity contribution in [3.8, 4) is 0 Å². The summed E-state index contributed by atoms with van der Waals surface area (Å²) in [6.07, 6.45) is 0.556. The smallest absolute Gasteiger partial charge is 0.0818 e. The van der Waals surface area contributed by atoms with Gasteiger partial charge >= 0.3 is 0 Å². The third kappa shape index (κ3) is 2.71. The zero-order valence-corrected chi connectivity index (χ0v) is 10.2. The van der Waals surface area contributed by atoms with Crippen LogP contribution in [0.1, 0.15) is 24.2 Å². The van der Waals surface area contributed by atoms with Crippen molar-refractivity contribution >= 4 is 11.3 Å². The number of hydrogen-bond donors (Lipinski definition) is 1. The van der Waals surface area contributed by atoms with Crippen molar-refractivity contribution < 1.29 is 5.11 Å². The molecular weight excluding hydrogens is 216 g/mol. The summed E-state index contributed by atoms with van der Waals surface area (Å²) < 4.78 is 0. The Labute approximate surface area is 100 Å². The predicted octanol–water partition coefficient (Wildman–Crippen LogP) is 3.66. The Morgan fingerprint density at radius 2 is 1.94 bits per heavy atom. The van der Waals surface area contributed by atoms with Crippen LogP contribution >= 0.6 is 11.3 Å². The van der Waals surface area contributed by atoms with Gasteiger partial charge in [0, 0.05) is 0 Å². The number of thiophene rings is 1. The van der Waals surface area contributed by atoms with Gasteiger partial charge in [-0.2, -0.15) is 11.3 Å². The lowest BCUT2D eigenvalue weighted by Crippen LogP contribution is -2.11. The average molecular weight is 232 g/mol. The van der Waals surface area contributed by atoms with Gasteiger partial charge in [0.05, 0.1) is 6.10 Å². The fourth-order valence-corrected chi connectivity index (χ4v) is 2.55. The first-order chi connectivity index (χ1) is 7.77. The van der Waals surface area contributed by atoms with Gasteiger partial charge < -0.3 is 5.11 Å². The van der Waals surface area contributed by atoms with Crippen molar-refractivity contribution in [2.75, 3.05) is 0 Å². The monoisotopic (exact) mass is 232 g/mol. The standard InChI is InChI=1S/C14H16OS/c1-11(9-12-7-8-16-10-12)14(15)13-5-3-2-4-6-13/h2-8,10-11,14-15H,9H2,1H3. The van der Waals surface area contributed by atoms with Gasteiger partial charge in [-0.25, -0.2) is 0 Å². The Morgan fingerprint density at radius 3 is 2.56 bits per heavy atom. The molecule has 1 nitrogen and oxygen atoms in total. The molecule has 0 aliphatic carbocycles. The maximum atomic E-state index is 10.2. The van der Waals surface area contributed by atoms with Gasteiger partial charge in [-0.1, -0.05) is 37.3 Å². The van der Waals surface area contributed by atoms with E-state index >= 15 is 0 Å². The molecule has 0 amide bonds. The molecule has 1 heterocycles. The summed E-state index contributed by atoms with van der Waals surface area (Å²) in [6.45, 7) is 2.09. The second-order valence-corrected chi connectivity index (χ2v) is 4.95. The summed E-state index contributed by atoms with van der Waals surface area (Å²) in [7, 11) is 0. The quantitative estimate of drug-likeness (QED) is 0.853. The normalized spacial score (nSPS) is 14.6. The molecule has 0 aliphatic rings. The van der Waals surface area contributed by atoms with Gasteiger partial charge in [0.2, 0.25) is 0 Å². The van der Waals surface area contributed by atoms with Crippen LogP contribution in [0.2, 0.25) is 0 Å². The highest BCUT2D eigenvalue weighted by Crippen LogP contribution is 2.25. The second-order valence-electron chi connectivity index (χ2n) is 4.17. The molecule has 2 unspecified atom stereocenters. The van der Waals surface area contributed by atoms with Crippen LogP contribution in [0.15, 0.2) is 47.2 Å². The number of aliphatic hydroxyl groups excluding tert-OH is 1. The van der Waals surface area contributed by atoms with Gasteiger partial charge in [0.1, 0.15) is 0 Å². The van der Waals surface area contributed by atoms with E-state index in [0.717, 1.165) is 12.0 Å². The first-order valence-electron chi connectivity index (χ1n) is 5.51. The van der Waals surface area contributed by atoms with Crippen molar-refractivity contribution in [1.82, 2.24) is 0 Å². The van der Waals surface area contributed by atoms with Gasteiger partial charge in [0.25, 0.3) is 0 Å². The largest absolute Gasteiger partial charge is 0.388 e. The molecule has 2 heteroatoms. The third-order valence-corrected chi connectivity index (χ3v) is 3.55. The van der Waals surface area contributed by atoms with E-state index in [2.05, 4.69) is 23.8 Å². The fourth-order valence-electron chi connectivity index (χ4n) is 1.87. The lowest BCUT2D eigenvalue weighted by atomic mass is 9.92. The minimum absolute atomic E-state index is 0.247. The molecule has 1 N–H and O–H groups in total. The maximum Gasteiger partial charge on any atom is 0.0818 e. The molecule has 0 aliphatic heterocycles. The Balaban J connectivity index is 2.02. The molecule has 84 valence electrons. The van der Waals surface area contributed by atoms with Crippen LogP contribution in [-0.4, -0.2) is 5.11 Å². The average Bonchev–Trinajstić information content (AvgIpc) is 2.82. The minimum Gasteiger partial charge on any atom is -0.388 e. The van der Waals surface area contributed by atoms with Crippen LogP contribution < -0.4 is 0 Å². The second kappa shape index (κ2) is 5.28. The maximum absolute atomic E-state index is 10.2. The molecule has 16 heavy (non-hydrogen) atoms. The van der Waals surface area contributed by atoms with Gasteiger partial charge in [-0.05, 0) is 40.3 Å². The first kappa shape index (κ1) is 11.4. The van der Waals surface area contributed by atoms with E-state index in [9.17, 15) is 5.11 Å². The molecule has 1 aromatic carbocycles. The van der Waals surface area contributed by atoms with E-state index in [4.69, 9.17) is 0 Å². The van der Waals surface area contributed by atoms with Crippen molar-refractivity contribution in [3.63, 3.8) is 0 Å². The molecule has 0 fully saturated rings.